The lowest BCUT2D eigenvalue weighted by Crippen LogP contribution is -2.55. The number of nitrogens with zero attached hydrogens (tertiary/aromatic N) is 1. The van der Waals surface area contributed by atoms with Crippen molar-refractivity contribution in [3.05, 3.63) is 29.8 Å². The first kappa shape index (κ1) is 13.1. The first-order valence-corrected chi connectivity index (χ1v) is 6.51. The first-order valence-electron chi connectivity index (χ1n) is 6.51. The van der Waals surface area contributed by atoms with Crippen molar-refractivity contribution < 1.29 is 9.90 Å². The van der Waals surface area contributed by atoms with Crippen LogP contribution in [0.4, 0.5) is 5.69 Å². The third-order valence-corrected chi connectivity index (χ3v) is 3.37. The SMILES string of the molecule is CCc1ccccc1N1CCNC(CCO)C1=O. The minimum Gasteiger partial charge on any atom is -0.396 e. The second-order valence-electron chi connectivity index (χ2n) is 4.49. The van der Waals surface area contributed by atoms with Crippen LogP contribution in [0.25, 0.3) is 0 Å². The quantitative estimate of drug-likeness (QED) is 0.833. The van der Waals surface area contributed by atoms with E-state index in [1.54, 1.807) is 0 Å². The fraction of sp³-hybridized carbons (Fsp3) is 0.500. The van der Waals surface area contributed by atoms with E-state index in [9.17, 15) is 4.79 Å². The second-order valence-corrected chi connectivity index (χ2v) is 4.49. The molecule has 4 nitrogen and oxygen atoms in total. The Kier molecular flexibility index (Phi) is 4.33. The van der Waals surface area contributed by atoms with Crippen molar-refractivity contribution in [2.24, 2.45) is 0 Å². The van der Waals surface area contributed by atoms with Gasteiger partial charge in [-0.15, -0.1) is 0 Å². The van der Waals surface area contributed by atoms with Gasteiger partial charge in [0.2, 0.25) is 5.91 Å². The molecule has 1 fully saturated rings. The fourth-order valence-corrected chi connectivity index (χ4v) is 2.40. The highest BCUT2D eigenvalue weighted by atomic mass is 16.3. The van der Waals surface area contributed by atoms with Crippen LogP contribution in [-0.4, -0.2) is 36.8 Å². The molecule has 98 valence electrons. The molecule has 2 rings (SSSR count). The van der Waals surface area contributed by atoms with Gasteiger partial charge < -0.3 is 15.3 Å². The largest absolute Gasteiger partial charge is 0.396 e. The molecule has 1 aromatic rings. The molecule has 4 heteroatoms. The number of benzene rings is 1. The number of rotatable bonds is 4. The van der Waals surface area contributed by atoms with Gasteiger partial charge in [-0.25, -0.2) is 0 Å². The van der Waals surface area contributed by atoms with Crippen LogP contribution in [0.1, 0.15) is 18.9 Å². The maximum Gasteiger partial charge on any atom is 0.244 e. The van der Waals surface area contributed by atoms with Crippen molar-refractivity contribution in [2.75, 3.05) is 24.6 Å². The molecule has 1 aliphatic heterocycles. The maximum atomic E-state index is 12.3. The number of anilines is 1. The number of aliphatic hydroxyl groups excluding tert-OH is 1. The highest BCUT2D eigenvalue weighted by Crippen LogP contribution is 2.23. The van der Waals surface area contributed by atoms with Gasteiger partial charge >= 0.3 is 0 Å². The van der Waals surface area contributed by atoms with Crippen LogP contribution in [0, 0.1) is 0 Å². The van der Waals surface area contributed by atoms with Gasteiger partial charge in [0.25, 0.3) is 0 Å². The average Bonchev–Trinajstić information content (AvgIpc) is 2.41. The van der Waals surface area contributed by atoms with E-state index in [4.69, 9.17) is 5.11 Å². The summed E-state index contributed by atoms with van der Waals surface area (Å²) < 4.78 is 0. The third kappa shape index (κ3) is 2.54. The summed E-state index contributed by atoms with van der Waals surface area (Å²) in [6, 6.07) is 7.77. The Labute approximate surface area is 108 Å². The summed E-state index contributed by atoms with van der Waals surface area (Å²) in [6.45, 7) is 3.59. The van der Waals surface area contributed by atoms with Crippen LogP contribution in [0.3, 0.4) is 0 Å². The van der Waals surface area contributed by atoms with E-state index in [0.717, 1.165) is 18.7 Å². The van der Waals surface area contributed by atoms with Gasteiger partial charge in [-0.3, -0.25) is 4.79 Å². The van der Waals surface area contributed by atoms with E-state index < -0.39 is 0 Å². The number of aryl methyl sites for hydroxylation is 1. The van der Waals surface area contributed by atoms with Crippen molar-refractivity contribution in [1.29, 1.82) is 0 Å². The third-order valence-electron chi connectivity index (χ3n) is 3.37. The molecule has 1 saturated heterocycles. The molecule has 2 N–H and O–H groups in total. The zero-order valence-corrected chi connectivity index (χ0v) is 10.7. The number of aliphatic hydroxyl groups is 1. The summed E-state index contributed by atoms with van der Waals surface area (Å²) in [5.41, 5.74) is 2.20. The van der Waals surface area contributed by atoms with Crippen LogP contribution < -0.4 is 10.2 Å². The van der Waals surface area contributed by atoms with Gasteiger partial charge in [-0.05, 0) is 24.5 Å². The molecule has 18 heavy (non-hydrogen) atoms. The number of hydrogen-bond donors (Lipinski definition) is 2. The van der Waals surface area contributed by atoms with Crippen molar-refractivity contribution in [2.45, 2.75) is 25.8 Å². The summed E-state index contributed by atoms with van der Waals surface area (Å²) >= 11 is 0. The number of nitrogens with one attached hydrogen (secondary N) is 1. The Morgan fingerprint density at radius 2 is 2.22 bits per heavy atom. The smallest absolute Gasteiger partial charge is 0.244 e. The minimum atomic E-state index is -0.256. The molecule has 0 bridgehead atoms. The van der Waals surface area contributed by atoms with E-state index in [0.29, 0.717) is 13.0 Å². The highest BCUT2D eigenvalue weighted by molar-refractivity contribution is 5.98. The topological polar surface area (TPSA) is 52.6 Å². The molecular formula is C14H20N2O2. The number of carbonyl (C=O) groups excluding carboxylic acids is 1. The molecule has 1 amide bonds. The summed E-state index contributed by atoms with van der Waals surface area (Å²) in [7, 11) is 0. The molecule has 0 radical (unpaired) electrons. The molecule has 1 heterocycles. The molecular weight excluding hydrogens is 228 g/mol. The van der Waals surface area contributed by atoms with E-state index >= 15 is 0 Å². The lowest BCUT2D eigenvalue weighted by atomic mass is 10.1. The van der Waals surface area contributed by atoms with Crippen LogP contribution >= 0.6 is 0 Å². The van der Waals surface area contributed by atoms with Gasteiger partial charge in [-0.1, -0.05) is 25.1 Å². The molecule has 1 aromatic carbocycles. The van der Waals surface area contributed by atoms with Crippen molar-refractivity contribution in [3.63, 3.8) is 0 Å². The van der Waals surface area contributed by atoms with E-state index in [1.165, 1.54) is 5.56 Å². The number of hydrogen-bond acceptors (Lipinski definition) is 3. The molecule has 0 aromatic heterocycles. The first-order chi connectivity index (χ1) is 8.77. The zero-order valence-electron chi connectivity index (χ0n) is 10.7. The summed E-state index contributed by atoms with van der Waals surface area (Å²) in [5, 5.41) is 12.1. The lowest BCUT2D eigenvalue weighted by Gasteiger charge is -2.34. The monoisotopic (exact) mass is 248 g/mol. The van der Waals surface area contributed by atoms with Gasteiger partial charge in [0.15, 0.2) is 0 Å². The summed E-state index contributed by atoms with van der Waals surface area (Å²) in [5.74, 6) is 0.0659. The van der Waals surface area contributed by atoms with Gasteiger partial charge in [-0.2, -0.15) is 0 Å². The van der Waals surface area contributed by atoms with Crippen molar-refractivity contribution in [3.8, 4) is 0 Å². The normalized spacial score (nSPS) is 20.2. The molecule has 0 saturated carbocycles. The Balaban J connectivity index is 2.23. The predicted octanol–water partition coefficient (Wildman–Crippen LogP) is 0.936. The molecule has 1 atom stereocenters. The Hall–Kier alpha value is -1.39. The Morgan fingerprint density at radius 3 is 2.94 bits per heavy atom. The standard InChI is InChI=1S/C14H20N2O2/c1-2-11-5-3-4-6-13(11)16-9-8-15-12(7-10-17)14(16)18/h3-6,12,15,17H,2,7-10H2,1H3. The van der Waals surface area contributed by atoms with Gasteiger partial charge in [0.1, 0.15) is 0 Å². The zero-order chi connectivity index (χ0) is 13.0. The second kappa shape index (κ2) is 5.98. The predicted molar refractivity (Wildman–Crippen MR) is 71.7 cm³/mol. The number of amides is 1. The minimum absolute atomic E-state index is 0.0344. The lowest BCUT2D eigenvalue weighted by molar-refractivity contribution is -0.122. The molecule has 0 spiro atoms. The van der Waals surface area contributed by atoms with Gasteiger partial charge in [0, 0.05) is 25.4 Å². The fourth-order valence-electron chi connectivity index (χ4n) is 2.40. The van der Waals surface area contributed by atoms with E-state index in [2.05, 4.69) is 18.3 Å². The number of para-hydroxylation sites is 1. The van der Waals surface area contributed by atoms with Crippen LogP contribution in [0.15, 0.2) is 24.3 Å². The molecule has 1 aliphatic rings. The Morgan fingerprint density at radius 1 is 1.44 bits per heavy atom. The number of piperazine rings is 1. The molecule has 0 aliphatic carbocycles. The maximum absolute atomic E-state index is 12.3. The Bertz CT molecular complexity index is 418. The van der Waals surface area contributed by atoms with E-state index in [-0.39, 0.29) is 18.6 Å². The highest BCUT2D eigenvalue weighted by Gasteiger charge is 2.29. The number of carbonyl (C=O) groups is 1. The van der Waals surface area contributed by atoms with Crippen LogP contribution in [0.2, 0.25) is 0 Å². The van der Waals surface area contributed by atoms with Crippen LogP contribution in [0.5, 0.6) is 0 Å². The summed E-state index contributed by atoms with van der Waals surface area (Å²) in [6.07, 6.45) is 1.39. The van der Waals surface area contributed by atoms with Gasteiger partial charge in [0.05, 0.1) is 6.04 Å². The van der Waals surface area contributed by atoms with Crippen LogP contribution in [-0.2, 0) is 11.2 Å². The van der Waals surface area contributed by atoms with Crippen molar-refractivity contribution >= 4 is 11.6 Å². The molecule has 1 unspecified atom stereocenters. The summed E-state index contributed by atoms with van der Waals surface area (Å²) in [4.78, 5) is 14.2. The van der Waals surface area contributed by atoms with Crippen molar-refractivity contribution in [1.82, 2.24) is 5.32 Å². The van der Waals surface area contributed by atoms with E-state index in [1.807, 2.05) is 23.1 Å². The average molecular weight is 248 g/mol.